The SMILES string of the molecule is CCCCCCC(C)(CCCC)c1cnc(C)s1. The van der Waals surface area contributed by atoms with E-state index in [1.165, 1.54) is 61.3 Å². The predicted molar refractivity (Wildman–Crippen MR) is 82.5 cm³/mol. The van der Waals surface area contributed by atoms with Crippen LogP contribution in [-0.4, -0.2) is 4.98 Å². The lowest BCUT2D eigenvalue weighted by Crippen LogP contribution is -2.20. The third-order valence-electron chi connectivity index (χ3n) is 3.88. The summed E-state index contributed by atoms with van der Waals surface area (Å²) in [5.41, 5.74) is 0.371. The summed E-state index contributed by atoms with van der Waals surface area (Å²) in [6.07, 6.45) is 12.9. The first-order valence-electron chi connectivity index (χ1n) is 7.55. The van der Waals surface area contributed by atoms with Crippen LogP contribution in [0.5, 0.6) is 0 Å². The standard InChI is InChI=1S/C16H29NS/c1-5-7-9-10-12-16(4,11-8-6-2)15-13-17-14(3)18-15/h13H,5-12H2,1-4H3. The first kappa shape index (κ1) is 15.7. The summed E-state index contributed by atoms with van der Waals surface area (Å²) < 4.78 is 0. The van der Waals surface area contributed by atoms with Crippen molar-refractivity contribution in [2.75, 3.05) is 0 Å². The Balaban J connectivity index is 2.62. The Morgan fingerprint density at radius 1 is 1.06 bits per heavy atom. The van der Waals surface area contributed by atoms with E-state index in [2.05, 4.69) is 38.9 Å². The lowest BCUT2D eigenvalue weighted by molar-refractivity contribution is 0.375. The molecule has 0 N–H and O–H groups in total. The lowest BCUT2D eigenvalue weighted by atomic mass is 9.79. The summed E-state index contributed by atoms with van der Waals surface area (Å²) in [4.78, 5) is 5.96. The molecule has 2 heteroatoms. The molecule has 0 saturated carbocycles. The fourth-order valence-corrected chi connectivity index (χ4v) is 3.50. The molecule has 0 aliphatic carbocycles. The van der Waals surface area contributed by atoms with Crippen molar-refractivity contribution in [1.82, 2.24) is 4.98 Å². The molecule has 1 atom stereocenters. The maximum absolute atomic E-state index is 4.45. The van der Waals surface area contributed by atoms with Gasteiger partial charge in [0.05, 0.1) is 5.01 Å². The zero-order chi connectivity index (χ0) is 13.4. The minimum absolute atomic E-state index is 0.371. The van der Waals surface area contributed by atoms with Gasteiger partial charge >= 0.3 is 0 Å². The van der Waals surface area contributed by atoms with E-state index in [4.69, 9.17) is 0 Å². The summed E-state index contributed by atoms with van der Waals surface area (Å²) in [7, 11) is 0. The van der Waals surface area contributed by atoms with Crippen LogP contribution in [-0.2, 0) is 5.41 Å². The zero-order valence-corrected chi connectivity index (χ0v) is 13.4. The molecule has 1 heterocycles. The van der Waals surface area contributed by atoms with E-state index in [1.54, 1.807) is 0 Å². The van der Waals surface area contributed by atoms with E-state index in [0.717, 1.165) is 0 Å². The second-order valence-corrected chi connectivity index (χ2v) is 6.95. The van der Waals surface area contributed by atoms with Crippen LogP contribution in [0.2, 0.25) is 0 Å². The average molecular weight is 267 g/mol. The van der Waals surface area contributed by atoms with Gasteiger partial charge < -0.3 is 0 Å². The smallest absolute Gasteiger partial charge is 0.0896 e. The number of unbranched alkanes of at least 4 members (excludes halogenated alkanes) is 4. The van der Waals surface area contributed by atoms with Gasteiger partial charge in [-0.2, -0.15) is 0 Å². The minimum Gasteiger partial charge on any atom is -0.250 e. The number of thiazole rings is 1. The molecule has 18 heavy (non-hydrogen) atoms. The van der Waals surface area contributed by atoms with Crippen molar-refractivity contribution in [1.29, 1.82) is 0 Å². The summed E-state index contributed by atoms with van der Waals surface area (Å²) in [5.74, 6) is 0. The van der Waals surface area contributed by atoms with Crippen LogP contribution >= 0.6 is 11.3 Å². The van der Waals surface area contributed by atoms with Crippen LogP contribution in [0.15, 0.2) is 6.20 Å². The van der Waals surface area contributed by atoms with Gasteiger partial charge in [-0.25, -0.2) is 4.98 Å². The highest BCUT2D eigenvalue weighted by Crippen LogP contribution is 2.38. The monoisotopic (exact) mass is 267 g/mol. The van der Waals surface area contributed by atoms with Crippen LogP contribution in [0.3, 0.4) is 0 Å². The second-order valence-electron chi connectivity index (χ2n) is 5.72. The summed E-state index contributed by atoms with van der Waals surface area (Å²) in [5, 5.41) is 1.21. The van der Waals surface area contributed by atoms with Crippen LogP contribution in [0, 0.1) is 6.92 Å². The maximum Gasteiger partial charge on any atom is 0.0896 e. The third kappa shape index (κ3) is 4.72. The normalized spacial score (nSPS) is 14.7. The lowest BCUT2D eigenvalue weighted by Gasteiger charge is -2.28. The molecule has 1 aromatic rings. The van der Waals surface area contributed by atoms with Gasteiger partial charge in [0.1, 0.15) is 0 Å². The van der Waals surface area contributed by atoms with Crippen molar-refractivity contribution in [2.45, 2.75) is 84.5 Å². The minimum atomic E-state index is 0.371. The van der Waals surface area contributed by atoms with Crippen LogP contribution in [0.1, 0.15) is 82.0 Å². The highest BCUT2D eigenvalue weighted by molar-refractivity contribution is 7.11. The molecular weight excluding hydrogens is 238 g/mol. The highest BCUT2D eigenvalue weighted by Gasteiger charge is 2.27. The fraction of sp³-hybridized carbons (Fsp3) is 0.812. The molecular formula is C16H29NS. The number of aromatic nitrogens is 1. The number of aryl methyl sites for hydroxylation is 1. The first-order chi connectivity index (χ1) is 8.62. The van der Waals surface area contributed by atoms with Gasteiger partial charge in [0.2, 0.25) is 0 Å². The molecule has 104 valence electrons. The van der Waals surface area contributed by atoms with Crippen molar-refractivity contribution < 1.29 is 0 Å². The Morgan fingerprint density at radius 3 is 2.28 bits per heavy atom. The number of nitrogens with zero attached hydrogens (tertiary/aromatic N) is 1. The molecule has 0 amide bonds. The molecule has 0 bridgehead atoms. The number of hydrogen-bond donors (Lipinski definition) is 0. The van der Waals surface area contributed by atoms with Crippen molar-refractivity contribution in [2.24, 2.45) is 0 Å². The molecule has 0 aliphatic rings. The van der Waals surface area contributed by atoms with E-state index in [-0.39, 0.29) is 0 Å². The largest absolute Gasteiger partial charge is 0.250 e. The van der Waals surface area contributed by atoms with E-state index >= 15 is 0 Å². The third-order valence-corrected chi connectivity index (χ3v) is 5.10. The van der Waals surface area contributed by atoms with E-state index < -0.39 is 0 Å². The topological polar surface area (TPSA) is 12.9 Å². The Hall–Kier alpha value is -0.370. The fourth-order valence-electron chi connectivity index (χ4n) is 2.52. The Labute approximate surface area is 117 Å². The molecule has 0 aliphatic heterocycles. The molecule has 0 radical (unpaired) electrons. The Kier molecular flexibility index (Phi) is 6.91. The summed E-state index contributed by atoms with van der Waals surface area (Å²) >= 11 is 1.90. The Bertz CT molecular complexity index is 332. The predicted octanol–water partition coefficient (Wildman–Crippen LogP) is 5.87. The highest BCUT2D eigenvalue weighted by atomic mass is 32.1. The molecule has 1 unspecified atom stereocenters. The number of hydrogen-bond acceptors (Lipinski definition) is 2. The summed E-state index contributed by atoms with van der Waals surface area (Å²) in [6, 6.07) is 0. The second kappa shape index (κ2) is 7.93. The van der Waals surface area contributed by atoms with Crippen molar-refractivity contribution in [3.63, 3.8) is 0 Å². The maximum atomic E-state index is 4.45. The molecule has 1 rings (SSSR count). The van der Waals surface area contributed by atoms with Crippen molar-refractivity contribution >= 4 is 11.3 Å². The van der Waals surface area contributed by atoms with Crippen molar-refractivity contribution in [3.05, 3.63) is 16.1 Å². The van der Waals surface area contributed by atoms with Gasteiger partial charge in [0.25, 0.3) is 0 Å². The first-order valence-corrected chi connectivity index (χ1v) is 8.37. The van der Waals surface area contributed by atoms with E-state index in [0.29, 0.717) is 5.41 Å². The van der Waals surface area contributed by atoms with Crippen LogP contribution in [0.25, 0.3) is 0 Å². The molecule has 0 spiro atoms. The quantitative estimate of drug-likeness (QED) is 0.510. The molecule has 1 aromatic heterocycles. The Morgan fingerprint density at radius 2 is 1.72 bits per heavy atom. The van der Waals surface area contributed by atoms with Crippen LogP contribution < -0.4 is 0 Å². The molecule has 0 aromatic carbocycles. The summed E-state index contributed by atoms with van der Waals surface area (Å²) in [6.45, 7) is 9.13. The van der Waals surface area contributed by atoms with Gasteiger partial charge in [-0.05, 0) is 19.8 Å². The molecule has 0 saturated heterocycles. The van der Waals surface area contributed by atoms with Gasteiger partial charge in [-0.1, -0.05) is 59.3 Å². The average Bonchev–Trinajstić information content (AvgIpc) is 2.80. The van der Waals surface area contributed by atoms with Crippen molar-refractivity contribution in [3.8, 4) is 0 Å². The van der Waals surface area contributed by atoms with Gasteiger partial charge in [0, 0.05) is 16.5 Å². The van der Waals surface area contributed by atoms with Gasteiger partial charge in [-0.15, -0.1) is 11.3 Å². The van der Waals surface area contributed by atoms with E-state index in [9.17, 15) is 0 Å². The van der Waals surface area contributed by atoms with Crippen LogP contribution in [0.4, 0.5) is 0 Å². The van der Waals surface area contributed by atoms with Gasteiger partial charge in [-0.3, -0.25) is 0 Å². The molecule has 1 nitrogen and oxygen atoms in total. The molecule has 0 fully saturated rings. The van der Waals surface area contributed by atoms with Gasteiger partial charge in [0.15, 0.2) is 0 Å². The number of rotatable bonds is 9. The zero-order valence-electron chi connectivity index (χ0n) is 12.6. The van der Waals surface area contributed by atoms with E-state index in [1.807, 2.05) is 11.3 Å².